The summed E-state index contributed by atoms with van der Waals surface area (Å²) in [6.45, 7) is 0. The summed E-state index contributed by atoms with van der Waals surface area (Å²) in [5.41, 5.74) is -0.912. The predicted molar refractivity (Wildman–Crippen MR) is 51.1 cm³/mol. The van der Waals surface area contributed by atoms with Crippen molar-refractivity contribution in [1.82, 2.24) is 0 Å². The average molecular weight is 240 g/mol. The summed E-state index contributed by atoms with van der Waals surface area (Å²) in [4.78, 5) is 34.4. The van der Waals surface area contributed by atoms with E-state index in [-0.39, 0.29) is 12.3 Å². The summed E-state index contributed by atoms with van der Waals surface area (Å²) in [6.07, 6.45) is 0.00364. The third-order valence-electron chi connectivity index (χ3n) is 3.97. The first-order valence-corrected chi connectivity index (χ1v) is 5.64. The Labute approximate surface area is 96.9 Å². The van der Waals surface area contributed by atoms with Crippen molar-refractivity contribution in [2.75, 3.05) is 0 Å². The zero-order chi connectivity index (χ0) is 12.2. The van der Waals surface area contributed by atoms with Gasteiger partial charge in [0.25, 0.3) is 0 Å². The van der Waals surface area contributed by atoms with Gasteiger partial charge in [0.1, 0.15) is 0 Å². The Bertz CT molecular complexity index is 416. The molecule has 1 N–H and O–H groups in total. The minimum atomic E-state index is -1.17. The highest BCUT2D eigenvalue weighted by molar-refractivity contribution is 5.98. The molecule has 0 amide bonds. The number of cyclic esters (lactones) is 3. The number of hydrogen-bond donors (Lipinski definition) is 1. The van der Waals surface area contributed by atoms with Crippen molar-refractivity contribution >= 4 is 17.9 Å². The van der Waals surface area contributed by atoms with Crippen molar-refractivity contribution < 1.29 is 29.0 Å². The summed E-state index contributed by atoms with van der Waals surface area (Å²) in [6, 6.07) is 0. The first-order valence-electron chi connectivity index (χ1n) is 5.64. The van der Waals surface area contributed by atoms with Crippen LogP contribution in [0.15, 0.2) is 0 Å². The molecular weight excluding hydrogens is 228 g/mol. The van der Waals surface area contributed by atoms with Crippen LogP contribution in [0.4, 0.5) is 0 Å². The standard InChI is InChI=1S/C11H12O6/c12-7-4-11(10(15)16-7)2-5-1-6(3-11)9(14)17-8(5)13/h5-6,8,13H,1-4H2. The quantitative estimate of drug-likeness (QED) is 0.463. The third-order valence-corrected chi connectivity index (χ3v) is 3.97. The van der Waals surface area contributed by atoms with Crippen molar-refractivity contribution in [3.63, 3.8) is 0 Å². The summed E-state index contributed by atoms with van der Waals surface area (Å²) < 4.78 is 9.38. The van der Waals surface area contributed by atoms with Crippen LogP contribution in [0.1, 0.15) is 25.7 Å². The van der Waals surface area contributed by atoms with E-state index < -0.39 is 35.5 Å². The second-order valence-electron chi connectivity index (χ2n) is 5.15. The number of carbonyl (C=O) groups is 3. The Morgan fingerprint density at radius 2 is 2.00 bits per heavy atom. The number of esters is 3. The highest BCUT2D eigenvalue weighted by Crippen LogP contribution is 2.51. The Kier molecular flexibility index (Phi) is 2.07. The van der Waals surface area contributed by atoms with Crippen LogP contribution < -0.4 is 0 Å². The van der Waals surface area contributed by atoms with Gasteiger partial charge in [-0.25, -0.2) is 0 Å². The first kappa shape index (κ1) is 10.7. The summed E-state index contributed by atoms with van der Waals surface area (Å²) in [7, 11) is 0. The lowest BCUT2D eigenvalue weighted by Crippen LogP contribution is -2.48. The maximum absolute atomic E-state index is 11.7. The fourth-order valence-corrected chi connectivity index (χ4v) is 3.20. The van der Waals surface area contributed by atoms with Crippen LogP contribution in [0.25, 0.3) is 0 Å². The molecule has 1 saturated carbocycles. The summed E-state index contributed by atoms with van der Waals surface area (Å²) >= 11 is 0. The van der Waals surface area contributed by atoms with Crippen molar-refractivity contribution in [2.45, 2.75) is 32.0 Å². The lowest BCUT2D eigenvalue weighted by molar-refractivity contribution is -0.210. The third kappa shape index (κ3) is 1.47. The topological polar surface area (TPSA) is 89.9 Å². The molecule has 6 nitrogen and oxygen atoms in total. The molecule has 17 heavy (non-hydrogen) atoms. The molecule has 3 aliphatic rings. The number of aliphatic hydroxyl groups excluding tert-OH is 1. The van der Waals surface area contributed by atoms with Gasteiger partial charge in [-0.15, -0.1) is 0 Å². The largest absolute Gasteiger partial charge is 0.435 e. The van der Waals surface area contributed by atoms with Gasteiger partial charge in [0.15, 0.2) is 0 Å². The molecule has 0 aromatic heterocycles. The van der Waals surface area contributed by atoms with E-state index >= 15 is 0 Å². The lowest BCUT2D eigenvalue weighted by Gasteiger charge is -2.43. The van der Waals surface area contributed by atoms with Gasteiger partial charge in [-0.05, 0) is 19.3 Å². The molecule has 3 fully saturated rings. The molecule has 2 bridgehead atoms. The van der Waals surface area contributed by atoms with E-state index in [0.29, 0.717) is 19.3 Å². The molecule has 2 aliphatic heterocycles. The van der Waals surface area contributed by atoms with Crippen molar-refractivity contribution in [3.05, 3.63) is 0 Å². The van der Waals surface area contributed by atoms with E-state index in [4.69, 9.17) is 4.74 Å². The Hall–Kier alpha value is -1.43. The smallest absolute Gasteiger partial charge is 0.320 e. The van der Waals surface area contributed by atoms with Crippen molar-refractivity contribution in [2.24, 2.45) is 17.3 Å². The van der Waals surface area contributed by atoms with Crippen LogP contribution >= 0.6 is 0 Å². The number of fused-ring (bicyclic) bond motifs is 2. The fourth-order valence-electron chi connectivity index (χ4n) is 3.20. The van der Waals surface area contributed by atoms with Crippen LogP contribution in [-0.2, 0) is 23.9 Å². The number of carbonyl (C=O) groups excluding carboxylic acids is 3. The molecule has 0 aromatic rings. The molecule has 6 heteroatoms. The number of hydrogen-bond acceptors (Lipinski definition) is 6. The molecule has 1 aliphatic carbocycles. The maximum Gasteiger partial charge on any atom is 0.320 e. The maximum atomic E-state index is 11.7. The molecule has 4 unspecified atom stereocenters. The zero-order valence-electron chi connectivity index (χ0n) is 9.05. The van der Waals surface area contributed by atoms with Crippen LogP contribution in [0.2, 0.25) is 0 Å². The molecule has 2 heterocycles. The zero-order valence-corrected chi connectivity index (χ0v) is 9.05. The molecule has 3 rings (SSSR count). The number of ether oxygens (including phenoxy) is 2. The highest BCUT2D eigenvalue weighted by Gasteiger charge is 2.58. The van der Waals surface area contributed by atoms with Gasteiger partial charge in [0.2, 0.25) is 6.29 Å². The van der Waals surface area contributed by atoms with Crippen LogP contribution in [0, 0.1) is 17.3 Å². The fraction of sp³-hybridized carbons (Fsp3) is 0.727. The number of rotatable bonds is 0. The Balaban J connectivity index is 1.92. The van der Waals surface area contributed by atoms with Gasteiger partial charge in [-0.1, -0.05) is 0 Å². The van der Waals surface area contributed by atoms with Gasteiger partial charge in [0.05, 0.1) is 17.8 Å². The van der Waals surface area contributed by atoms with Gasteiger partial charge in [-0.3, -0.25) is 14.4 Å². The van der Waals surface area contributed by atoms with E-state index in [1.165, 1.54) is 0 Å². The summed E-state index contributed by atoms with van der Waals surface area (Å²) in [5.74, 6) is -2.27. The van der Waals surface area contributed by atoms with Crippen molar-refractivity contribution in [1.29, 1.82) is 0 Å². The van der Waals surface area contributed by atoms with Crippen LogP contribution in [-0.4, -0.2) is 29.3 Å². The second-order valence-corrected chi connectivity index (χ2v) is 5.15. The second kappa shape index (κ2) is 3.29. The minimum absolute atomic E-state index is 0.0127. The molecule has 0 radical (unpaired) electrons. The minimum Gasteiger partial charge on any atom is -0.435 e. The van der Waals surface area contributed by atoms with Gasteiger partial charge < -0.3 is 14.6 Å². The van der Waals surface area contributed by atoms with E-state index in [9.17, 15) is 19.5 Å². The molecule has 1 spiro atoms. The average Bonchev–Trinajstić information content (AvgIpc) is 2.51. The lowest BCUT2D eigenvalue weighted by atomic mass is 9.63. The molecular formula is C11H12O6. The predicted octanol–water partition coefficient (Wildman–Crippen LogP) is -0.262. The van der Waals surface area contributed by atoms with Crippen LogP contribution in [0.3, 0.4) is 0 Å². The van der Waals surface area contributed by atoms with Gasteiger partial charge in [0, 0.05) is 5.92 Å². The highest BCUT2D eigenvalue weighted by atomic mass is 16.6. The van der Waals surface area contributed by atoms with Crippen LogP contribution in [0.5, 0.6) is 0 Å². The SMILES string of the molecule is O=C1CC2(CC3CC(C2)C(O)OC3=O)C(=O)O1. The number of aliphatic hydroxyl groups is 1. The molecule has 2 saturated heterocycles. The Morgan fingerprint density at radius 1 is 1.24 bits per heavy atom. The van der Waals surface area contributed by atoms with E-state index in [1.807, 2.05) is 0 Å². The molecule has 92 valence electrons. The van der Waals surface area contributed by atoms with Gasteiger partial charge >= 0.3 is 17.9 Å². The first-order chi connectivity index (χ1) is 8.00. The van der Waals surface area contributed by atoms with E-state index in [2.05, 4.69) is 4.74 Å². The molecule has 4 atom stereocenters. The summed E-state index contributed by atoms with van der Waals surface area (Å²) in [5, 5.41) is 9.61. The van der Waals surface area contributed by atoms with Crippen molar-refractivity contribution in [3.8, 4) is 0 Å². The normalized spacial score (nSPS) is 44.8. The van der Waals surface area contributed by atoms with E-state index in [1.54, 1.807) is 0 Å². The Morgan fingerprint density at radius 3 is 2.65 bits per heavy atom. The monoisotopic (exact) mass is 240 g/mol. The van der Waals surface area contributed by atoms with E-state index in [0.717, 1.165) is 0 Å². The van der Waals surface area contributed by atoms with Gasteiger partial charge in [-0.2, -0.15) is 0 Å². The molecule has 0 aromatic carbocycles.